The summed E-state index contributed by atoms with van der Waals surface area (Å²) in [4.78, 5) is 54.9. The zero-order chi connectivity index (χ0) is 33.8. The summed E-state index contributed by atoms with van der Waals surface area (Å²) in [5, 5.41) is 31.2. The molecule has 48 heavy (non-hydrogen) atoms. The number of amides is 2. The smallest absolute Gasteiger partial charge is 0.423 e. The number of fused-ring (bicyclic) bond motifs is 2. The molecule has 6 aromatic heterocycles. The molecule has 2 fully saturated rings. The molecule has 2 aliphatic rings. The van der Waals surface area contributed by atoms with E-state index >= 15 is 0 Å². The first-order valence-electron chi connectivity index (χ1n) is 14.7. The Morgan fingerprint density at radius 2 is 1.31 bits per heavy atom. The van der Waals surface area contributed by atoms with Crippen molar-refractivity contribution in [2.24, 2.45) is 11.8 Å². The number of halogens is 1. The molecule has 4 N–H and O–H groups in total. The number of carbonyl (C=O) groups excluding carboxylic acids is 4. The minimum Gasteiger partial charge on any atom is -0.423 e. The van der Waals surface area contributed by atoms with E-state index in [0.29, 0.717) is 44.0 Å². The molecule has 2 saturated carbocycles. The Labute approximate surface area is 289 Å². The number of hydrogen-bond donors (Lipinski definition) is 4. The number of nitrogens with one attached hydrogen (secondary N) is 2. The standard InChI is InChI=1S/C15H12N4O2S.C10H9BrN4O.C5H5BO3S/c20-8-10-6-7-12(22-10)11-2-1-3-13-16-15(18-19(11)13)17-14(21)9-4-5-9;11-7-2-1-3-8-12-10(14-15(7)8)13-9(16)6-4-5-6;7-3-4-1-2-5(10-4)6(8)9/h1-3,6-9H,4-5H2,(H,17,18,21);1-3,6H,4-5H2,(H,13,14,16);1-3,8-9H. The second-order valence-corrected chi connectivity index (χ2v) is 13.8. The van der Waals surface area contributed by atoms with E-state index in [0.717, 1.165) is 58.5 Å². The largest absolute Gasteiger partial charge is 0.499 e. The van der Waals surface area contributed by atoms with Crippen molar-refractivity contribution in [1.29, 1.82) is 0 Å². The van der Waals surface area contributed by atoms with Crippen molar-refractivity contribution < 1.29 is 29.2 Å². The van der Waals surface area contributed by atoms with Crippen LogP contribution >= 0.6 is 38.6 Å². The molecule has 14 nitrogen and oxygen atoms in total. The summed E-state index contributed by atoms with van der Waals surface area (Å²) in [6.45, 7) is 0. The molecule has 0 spiro atoms. The highest BCUT2D eigenvalue weighted by Crippen LogP contribution is 2.31. The van der Waals surface area contributed by atoms with Gasteiger partial charge in [0.1, 0.15) is 4.60 Å². The van der Waals surface area contributed by atoms with Crippen LogP contribution in [0.25, 0.3) is 21.9 Å². The maximum Gasteiger partial charge on any atom is 0.499 e. The Balaban J connectivity index is 0.000000135. The van der Waals surface area contributed by atoms with Crippen LogP contribution in [0.3, 0.4) is 0 Å². The van der Waals surface area contributed by atoms with E-state index in [2.05, 4.69) is 46.7 Å². The van der Waals surface area contributed by atoms with Crippen LogP contribution in [0, 0.1) is 11.8 Å². The van der Waals surface area contributed by atoms with Gasteiger partial charge in [-0.2, -0.15) is 9.97 Å². The van der Waals surface area contributed by atoms with Crippen molar-refractivity contribution in [3.05, 3.63) is 75.0 Å². The average molecular weight is 749 g/mol. The van der Waals surface area contributed by atoms with Crippen molar-refractivity contribution in [1.82, 2.24) is 29.2 Å². The van der Waals surface area contributed by atoms with Gasteiger partial charge in [-0.25, -0.2) is 9.03 Å². The second-order valence-electron chi connectivity index (χ2n) is 10.7. The molecule has 0 atom stereocenters. The first-order chi connectivity index (χ1) is 23.2. The zero-order valence-corrected chi connectivity index (χ0v) is 28.1. The van der Waals surface area contributed by atoms with Gasteiger partial charge in [0.05, 0.1) is 20.3 Å². The van der Waals surface area contributed by atoms with Gasteiger partial charge in [0.15, 0.2) is 23.9 Å². The summed E-state index contributed by atoms with van der Waals surface area (Å²) in [5.41, 5.74) is 2.21. The number of nitrogens with zero attached hydrogens (tertiary/aromatic N) is 6. The van der Waals surface area contributed by atoms with E-state index in [9.17, 15) is 19.2 Å². The number of carbonyl (C=O) groups is 4. The Morgan fingerprint density at radius 1 is 0.771 bits per heavy atom. The molecule has 6 heterocycles. The number of aromatic nitrogens is 6. The molecule has 2 amide bonds. The van der Waals surface area contributed by atoms with Crippen LogP contribution in [-0.4, -0.2) is 70.7 Å². The lowest BCUT2D eigenvalue weighted by Crippen LogP contribution is -2.26. The summed E-state index contributed by atoms with van der Waals surface area (Å²) in [6, 6.07) is 17.9. The van der Waals surface area contributed by atoms with Crippen LogP contribution in [0.15, 0.2) is 65.3 Å². The SMILES string of the molecule is O=C(Nc1nc2cccc(Br)n2n1)C1CC1.O=Cc1ccc(-c2cccc3nc(NC(=O)C4CC4)nn23)s1.O=Cc1ccc(B(O)O)s1. The maximum atomic E-state index is 11.8. The Kier molecular flexibility index (Phi) is 10.2. The number of pyridine rings is 2. The van der Waals surface area contributed by atoms with Gasteiger partial charge in [-0.05, 0) is 84.1 Å². The number of rotatable bonds is 8. The summed E-state index contributed by atoms with van der Waals surface area (Å²) in [5.74, 6) is 0.956. The molecule has 2 aliphatic carbocycles. The summed E-state index contributed by atoms with van der Waals surface area (Å²) in [7, 11) is -1.46. The first-order valence-corrected chi connectivity index (χ1v) is 17.1. The molecule has 0 aromatic carbocycles. The highest BCUT2D eigenvalue weighted by molar-refractivity contribution is 9.10. The third-order valence-electron chi connectivity index (χ3n) is 7.05. The van der Waals surface area contributed by atoms with Gasteiger partial charge >= 0.3 is 7.12 Å². The third kappa shape index (κ3) is 8.08. The molecule has 244 valence electrons. The first kappa shape index (κ1) is 33.3. The number of anilines is 2. The van der Waals surface area contributed by atoms with E-state index in [-0.39, 0.29) is 23.7 Å². The molecule has 18 heteroatoms. The van der Waals surface area contributed by atoms with Crippen molar-refractivity contribution in [3.63, 3.8) is 0 Å². The molecule has 8 rings (SSSR count). The topological polar surface area (TPSA) is 193 Å². The Hall–Kier alpha value is -4.62. The van der Waals surface area contributed by atoms with Crippen LogP contribution in [-0.2, 0) is 9.59 Å². The Morgan fingerprint density at radius 3 is 1.81 bits per heavy atom. The van der Waals surface area contributed by atoms with Crippen LogP contribution in [0.4, 0.5) is 11.9 Å². The lowest BCUT2D eigenvalue weighted by Gasteiger charge is -2.00. The molecule has 0 radical (unpaired) electrons. The number of thiophene rings is 2. The van der Waals surface area contributed by atoms with Gasteiger partial charge in [0.25, 0.3) is 0 Å². The van der Waals surface area contributed by atoms with E-state index in [4.69, 9.17) is 10.0 Å². The van der Waals surface area contributed by atoms with Crippen molar-refractivity contribution in [2.45, 2.75) is 25.7 Å². The number of aldehydes is 2. The van der Waals surface area contributed by atoms with E-state index in [1.807, 2.05) is 42.5 Å². The van der Waals surface area contributed by atoms with Gasteiger partial charge in [-0.15, -0.1) is 32.9 Å². The second kappa shape index (κ2) is 14.7. The van der Waals surface area contributed by atoms with Gasteiger partial charge in [-0.1, -0.05) is 18.2 Å². The zero-order valence-electron chi connectivity index (χ0n) is 24.9. The van der Waals surface area contributed by atoms with Crippen molar-refractivity contribution in [2.75, 3.05) is 10.6 Å². The van der Waals surface area contributed by atoms with E-state index in [1.54, 1.807) is 21.2 Å². The Bertz CT molecular complexity index is 2120. The van der Waals surface area contributed by atoms with Gasteiger partial charge < -0.3 is 10.0 Å². The summed E-state index contributed by atoms with van der Waals surface area (Å²) >= 11 is 5.83. The molecular weight excluding hydrogens is 723 g/mol. The third-order valence-corrected chi connectivity index (χ3v) is 9.74. The van der Waals surface area contributed by atoms with Gasteiger partial charge in [0, 0.05) is 16.6 Å². The normalized spacial score (nSPS) is 13.6. The van der Waals surface area contributed by atoms with Gasteiger partial charge in [-0.3, -0.25) is 29.8 Å². The average Bonchev–Trinajstić information content (AvgIpc) is 3.90. The quantitative estimate of drug-likeness (QED) is 0.101. The molecule has 0 unspecified atom stereocenters. The lowest BCUT2D eigenvalue weighted by atomic mass is 9.90. The van der Waals surface area contributed by atoms with Crippen LogP contribution in [0.5, 0.6) is 0 Å². The summed E-state index contributed by atoms with van der Waals surface area (Å²) in [6.07, 6.45) is 5.33. The molecule has 6 aromatic rings. The molecule has 0 aliphatic heterocycles. The fourth-order valence-corrected chi connectivity index (χ4v) is 6.26. The predicted molar refractivity (Wildman–Crippen MR) is 185 cm³/mol. The molecule has 0 saturated heterocycles. The highest BCUT2D eigenvalue weighted by atomic mass is 79.9. The van der Waals surface area contributed by atoms with Crippen LogP contribution < -0.4 is 15.4 Å². The van der Waals surface area contributed by atoms with Crippen molar-refractivity contribution >= 4 is 98.1 Å². The monoisotopic (exact) mass is 748 g/mol. The molecular formula is C30H26BBrN8O6S2. The highest BCUT2D eigenvalue weighted by Gasteiger charge is 2.31. The summed E-state index contributed by atoms with van der Waals surface area (Å²) < 4.78 is 4.53. The van der Waals surface area contributed by atoms with E-state index < -0.39 is 7.12 Å². The lowest BCUT2D eigenvalue weighted by molar-refractivity contribution is -0.118. The number of hydrogen-bond acceptors (Lipinski definition) is 12. The van der Waals surface area contributed by atoms with Crippen molar-refractivity contribution in [3.8, 4) is 10.6 Å². The van der Waals surface area contributed by atoms with Crippen LogP contribution in [0.2, 0.25) is 0 Å². The van der Waals surface area contributed by atoms with Gasteiger partial charge in [0.2, 0.25) is 23.7 Å². The van der Waals surface area contributed by atoms with E-state index in [1.165, 1.54) is 17.4 Å². The fourth-order valence-electron chi connectivity index (χ4n) is 4.31. The maximum absolute atomic E-state index is 11.8. The van der Waals surface area contributed by atoms with Crippen LogP contribution in [0.1, 0.15) is 45.0 Å². The predicted octanol–water partition coefficient (Wildman–Crippen LogP) is 3.70. The fraction of sp³-hybridized carbons (Fsp3) is 0.200. The minimum absolute atomic E-state index is 0.0168. The minimum atomic E-state index is -1.46. The molecule has 0 bridgehead atoms.